The molecule has 0 spiro atoms. The van der Waals surface area contributed by atoms with Gasteiger partial charge in [-0.05, 0) is 42.9 Å². The Balaban J connectivity index is 1.85. The summed E-state index contributed by atoms with van der Waals surface area (Å²) in [4.78, 5) is 14.3. The van der Waals surface area contributed by atoms with Gasteiger partial charge in [-0.25, -0.2) is 0 Å². The van der Waals surface area contributed by atoms with E-state index in [9.17, 15) is 4.79 Å². The van der Waals surface area contributed by atoms with E-state index in [0.29, 0.717) is 0 Å². The van der Waals surface area contributed by atoms with Crippen molar-refractivity contribution in [1.29, 1.82) is 0 Å². The van der Waals surface area contributed by atoms with Gasteiger partial charge in [0.25, 0.3) is 5.91 Å². The van der Waals surface area contributed by atoms with Crippen LogP contribution < -0.4 is 0 Å². The third-order valence-corrected chi connectivity index (χ3v) is 4.19. The molecule has 0 bridgehead atoms. The second kappa shape index (κ2) is 3.59. The molecule has 1 saturated heterocycles. The van der Waals surface area contributed by atoms with E-state index in [1.165, 1.54) is 6.42 Å². The number of piperidine rings is 1. The SMILES string of the molecule is Cc1ccc(Br)cc1C(=O)N1CC2CC2C1. The molecule has 0 aromatic heterocycles. The summed E-state index contributed by atoms with van der Waals surface area (Å²) >= 11 is 3.42. The van der Waals surface area contributed by atoms with Crippen LogP contribution in [-0.2, 0) is 0 Å². The second-order valence-corrected chi connectivity index (χ2v) is 5.84. The maximum atomic E-state index is 12.3. The molecular weight excluding hydrogens is 266 g/mol. The number of hydrogen-bond acceptors (Lipinski definition) is 1. The van der Waals surface area contributed by atoms with Gasteiger partial charge in [0.15, 0.2) is 0 Å². The van der Waals surface area contributed by atoms with Crippen molar-refractivity contribution >= 4 is 21.8 Å². The second-order valence-electron chi connectivity index (χ2n) is 4.93. The molecule has 1 heterocycles. The van der Waals surface area contributed by atoms with Crippen molar-refractivity contribution in [2.75, 3.05) is 13.1 Å². The number of fused-ring (bicyclic) bond motifs is 1. The van der Waals surface area contributed by atoms with Gasteiger partial charge in [-0.15, -0.1) is 0 Å². The number of likely N-dealkylation sites (tertiary alicyclic amines) is 1. The largest absolute Gasteiger partial charge is 0.338 e. The number of rotatable bonds is 1. The van der Waals surface area contributed by atoms with Crippen LogP contribution in [0.25, 0.3) is 0 Å². The summed E-state index contributed by atoms with van der Waals surface area (Å²) in [5.41, 5.74) is 1.91. The lowest BCUT2D eigenvalue weighted by Gasteiger charge is -2.19. The molecule has 16 heavy (non-hydrogen) atoms. The molecule has 2 atom stereocenters. The van der Waals surface area contributed by atoms with E-state index >= 15 is 0 Å². The third-order valence-electron chi connectivity index (χ3n) is 3.70. The highest BCUT2D eigenvalue weighted by atomic mass is 79.9. The minimum absolute atomic E-state index is 0.200. The molecule has 0 radical (unpaired) electrons. The number of carbonyl (C=O) groups is 1. The molecular formula is C13H14BrNO. The standard InChI is InChI=1S/C13H14BrNO/c1-8-2-3-11(14)5-12(8)13(16)15-6-9-4-10(9)7-15/h2-3,5,9-10H,4,6-7H2,1H3. The summed E-state index contributed by atoms with van der Waals surface area (Å²) in [7, 11) is 0. The Hall–Kier alpha value is -0.830. The molecule has 1 aromatic rings. The molecule has 2 nitrogen and oxygen atoms in total. The molecule has 3 rings (SSSR count). The number of aryl methyl sites for hydroxylation is 1. The first kappa shape index (κ1) is 10.3. The monoisotopic (exact) mass is 279 g/mol. The minimum atomic E-state index is 0.200. The zero-order chi connectivity index (χ0) is 11.3. The lowest BCUT2D eigenvalue weighted by Crippen LogP contribution is -2.30. The topological polar surface area (TPSA) is 20.3 Å². The van der Waals surface area contributed by atoms with Crippen LogP contribution in [0.4, 0.5) is 0 Å². The van der Waals surface area contributed by atoms with Gasteiger partial charge in [-0.2, -0.15) is 0 Å². The maximum absolute atomic E-state index is 12.3. The number of hydrogen-bond donors (Lipinski definition) is 0. The highest BCUT2D eigenvalue weighted by molar-refractivity contribution is 9.10. The van der Waals surface area contributed by atoms with E-state index in [2.05, 4.69) is 15.9 Å². The summed E-state index contributed by atoms with van der Waals surface area (Å²) < 4.78 is 0.978. The first-order valence-electron chi connectivity index (χ1n) is 5.70. The predicted molar refractivity (Wildman–Crippen MR) is 66.4 cm³/mol. The van der Waals surface area contributed by atoms with Crippen molar-refractivity contribution in [3.63, 3.8) is 0 Å². The van der Waals surface area contributed by atoms with E-state index in [0.717, 1.165) is 40.5 Å². The average Bonchev–Trinajstić information content (AvgIpc) is 2.88. The summed E-state index contributed by atoms with van der Waals surface area (Å²) in [5.74, 6) is 1.80. The van der Waals surface area contributed by atoms with Crippen LogP contribution >= 0.6 is 15.9 Å². The summed E-state index contributed by atoms with van der Waals surface area (Å²) in [6.45, 7) is 3.93. The number of amides is 1. The fourth-order valence-corrected chi connectivity index (χ4v) is 2.92. The zero-order valence-corrected chi connectivity index (χ0v) is 10.8. The molecule has 1 aliphatic heterocycles. The number of carbonyl (C=O) groups excluding carboxylic acids is 1. The van der Waals surface area contributed by atoms with E-state index in [1.54, 1.807) is 0 Å². The van der Waals surface area contributed by atoms with Crippen LogP contribution in [-0.4, -0.2) is 23.9 Å². The minimum Gasteiger partial charge on any atom is -0.338 e. The summed E-state index contributed by atoms with van der Waals surface area (Å²) in [6.07, 6.45) is 1.33. The Morgan fingerprint density at radius 2 is 2.06 bits per heavy atom. The fourth-order valence-electron chi connectivity index (χ4n) is 2.56. The van der Waals surface area contributed by atoms with E-state index in [4.69, 9.17) is 0 Å². The first-order valence-corrected chi connectivity index (χ1v) is 6.50. The van der Waals surface area contributed by atoms with Crippen LogP contribution in [0.1, 0.15) is 22.3 Å². The molecule has 1 aromatic carbocycles. The lowest BCUT2D eigenvalue weighted by atomic mass is 10.1. The van der Waals surface area contributed by atoms with Crippen molar-refractivity contribution in [2.24, 2.45) is 11.8 Å². The van der Waals surface area contributed by atoms with Crippen molar-refractivity contribution in [1.82, 2.24) is 4.90 Å². The van der Waals surface area contributed by atoms with Crippen molar-refractivity contribution in [3.05, 3.63) is 33.8 Å². The predicted octanol–water partition coefficient (Wildman–Crippen LogP) is 2.85. The molecule has 1 amide bonds. The van der Waals surface area contributed by atoms with Crippen molar-refractivity contribution in [2.45, 2.75) is 13.3 Å². The summed E-state index contributed by atoms with van der Waals surface area (Å²) in [5, 5.41) is 0. The molecule has 0 N–H and O–H groups in total. The van der Waals surface area contributed by atoms with Gasteiger partial charge in [0.05, 0.1) is 0 Å². The Kier molecular flexibility index (Phi) is 2.32. The highest BCUT2D eigenvalue weighted by Crippen LogP contribution is 2.45. The third kappa shape index (κ3) is 1.67. The van der Waals surface area contributed by atoms with E-state index < -0.39 is 0 Å². The number of halogens is 1. The van der Waals surface area contributed by atoms with Gasteiger partial charge in [0.2, 0.25) is 0 Å². The molecule has 1 saturated carbocycles. The molecule has 84 valence electrons. The zero-order valence-electron chi connectivity index (χ0n) is 9.24. The molecule has 2 fully saturated rings. The van der Waals surface area contributed by atoms with Gasteiger partial charge in [0.1, 0.15) is 0 Å². The lowest BCUT2D eigenvalue weighted by molar-refractivity contribution is 0.0775. The fraction of sp³-hybridized carbons (Fsp3) is 0.462. The molecule has 2 unspecified atom stereocenters. The van der Waals surface area contributed by atoms with Crippen molar-refractivity contribution < 1.29 is 4.79 Å². The van der Waals surface area contributed by atoms with Crippen LogP contribution in [0.5, 0.6) is 0 Å². The van der Waals surface area contributed by atoms with Gasteiger partial charge in [-0.1, -0.05) is 22.0 Å². The number of benzene rings is 1. The van der Waals surface area contributed by atoms with Crippen molar-refractivity contribution in [3.8, 4) is 0 Å². The highest BCUT2D eigenvalue weighted by Gasteiger charge is 2.46. The van der Waals surface area contributed by atoms with E-state index in [1.807, 2.05) is 30.0 Å². The molecule has 1 aliphatic carbocycles. The average molecular weight is 280 g/mol. The van der Waals surface area contributed by atoms with Gasteiger partial charge < -0.3 is 4.90 Å². The quantitative estimate of drug-likeness (QED) is 0.774. The van der Waals surface area contributed by atoms with Crippen LogP contribution in [0.15, 0.2) is 22.7 Å². The maximum Gasteiger partial charge on any atom is 0.254 e. The van der Waals surface area contributed by atoms with E-state index in [-0.39, 0.29) is 5.91 Å². The van der Waals surface area contributed by atoms with Crippen LogP contribution in [0.3, 0.4) is 0 Å². The Bertz CT molecular complexity index is 447. The van der Waals surface area contributed by atoms with Gasteiger partial charge in [-0.3, -0.25) is 4.79 Å². The normalized spacial score (nSPS) is 26.8. The Morgan fingerprint density at radius 3 is 2.75 bits per heavy atom. The van der Waals surface area contributed by atoms with Crippen LogP contribution in [0.2, 0.25) is 0 Å². The van der Waals surface area contributed by atoms with Gasteiger partial charge >= 0.3 is 0 Å². The summed E-state index contributed by atoms with van der Waals surface area (Å²) in [6, 6.07) is 5.91. The Labute approximate surface area is 104 Å². The number of nitrogens with zero attached hydrogens (tertiary/aromatic N) is 1. The first-order chi connectivity index (χ1) is 7.65. The van der Waals surface area contributed by atoms with Gasteiger partial charge in [0, 0.05) is 23.1 Å². The molecule has 2 aliphatic rings. The Morgan fingerprint density at radius 1 is 1.38 bits per heavy atom. The smallest absolute Gasteiger partial charge is 0.254 e. The molecule has 3 heteroatoms. The van der Waals surface area contributed by atoms with Crippen LogP contribution in [0, 0.1) is 18.8 Å².